The molecule has 0 atom stereocenters. The molecule has 0 spiro atoms. The maximum Gasteiger partial charge on any atom is 0.331 e. The van der Waals surface area contributed by atoms with E-state index in [1.165, 1.54) is 18.3 Å². The summed E-state index contributed by atoms with van der Waals surface area (Å²) in [5, 5.41) is 5.82. The van der Waals surface area contributed by atoms with Gasteiger partial charge in [-0.3, -0.25) is 9.79 Å². The number of aliphatic imine (C=N–C) groups is 1. The molecule has 6 nitrogen and oxygen atoms in total. The number of hydrogen-bond donors (Lipinski definition) is 0. The summed E-state index contributed by atoms with van der Waals surface area (Å²) in [6.45, 7) is 0.397. The molecule has 7 heteroatoms. The Balaban J connectivity index is 1.80. The Kier molecular flexibility index (Phi) is 7.13. The molecule has 1 amide bonds. The number of carbonyl (C=O) groups is 2. The Hall–Kier alpha value is -3.45. The van der Waals surface area contributed by atoms with Gasteiger partial charge in [-0.1, -0.05) is 66.7 Å². The van der Waals surface area contributed by atoms with Crippen LogP contribution < -0.4 is 0 Å². The standard InChI is InChI=1S/C22H19N3O3S/c1-28-20(26)15-19-21(27)25(24-14-8-13-17-9-4-2-5-10-17)22(29-19)23-16-18-11-6-3-7-12-18/h2-15H,16H2,1H3/b13-8+,19-15-,23-22?,24-14+. The van der Waals surface area contributed by atoms with Gasteiger partial charge < -0.3 is 4.74 Å². The minimum Gasteiger partial charge on any atom is -0.466 e. The Bertz CT molecular complexity index is 983. The van der Waals surface area contributed by atoms with Gasteiger partial charge in [0.15, 0.2) is 5.17 Å². The van der Waals surface area contributed by atoms with Crippen molar-refractivity contribution in [1.82, 2.24) is 5.01 Å². The van der Waals surface area contributed by atoms with Crippen molar-refractivity contribution in [3.05, 3.63) is 88.8 Å². The van der Waals surface area contributed by atoms with Gasteiger partial charge in [0.25, 0.3) is 5.91 Å². The van der Waals surface area contributed by atoms with E-state index in [0.29, 0.717) is 11.7 Å². The zero-order valence-electron chi connectivity index (χ0n) is 15.8. The minimum absolute atomic E-state index is 0.216. The van der Waals surface area contributed by atoms with Crippen LogP contribution in [0.3, 0.4) is 0 Å². The van der Waals surface area contributed by atoms with Crippen LogP contribution in [0.25, 0.3) is 6.08 Å². The summed E-state index contributed by atoms with van der Waals surface area (Å²) in [5.74, 6) is -1.02. The number of carbonyl (C=O) groups excluding carboxylic acids is 2. The molecule has 2 aromatic carbocycles. The quantitative estimate of drug-likeness (QED) is 0.415. The fourth-order valence-electron chi connectivity index (χ4n) is 2.40. The molecule has 0 saturated carbocycles. The lowest BCUT2D eigenvalue weighted by Gasteiger charge is -2.07. The lowest BCUT2D eigenvalue weighted by atomic mass is 10.2. The van der Waals surface area contributed by atoms with Gasteiger partial charge in [-0.2, -0.15) is 10.1 Å². The molecule has 0 aliphatic carbocycles. The summed E-state index contributed by atoms with van der Waals surface area (Å²) in [6, 6.07) is 19.4. The maximum atomic E-state index is 12.7. The van der Waals surface area contributed by atoms with E-state index >= 15 is 0 Å². The number of amides is 1. The highest BCUT2D eigenvalue weighted by Crippen LogP contribution is 2.31. The number of rotatable bonds is 6. The van der Waals surface area contributed by atoms with Crippen molar-refractivity contribution in [2.45, 2.75) is 6.54 Å². The van der Waals surface area contributed by atoms with Crippen LogP contribution in [0.2, 0.25) is 0 Å². The number of ether oxygens (including phenoxy) is 1. The van der Waals surface area contributed by atoms with Gasteiger partial charge in [0.05, 0.1) is 18.6 Å². The highest BCUT2D eigenvalue weighted by Gasteiger charge is 2.34. The SMILES string of the molecule is COC(=O)/C=C1\SC(=NCc2ccccc2)N(/N=C/C=C/c2ccccc2)C1=O. The minimum atomic E-state index is -0.599. The molecule has 0 unspecified atom stereocenters. The van der Waals surface area contributed by atoms with E-state index in [4.69, 9.17) is 0 Å². The first-order valence-electron chi connectivity index (χ1n) is 8.83. The Morgan fingerprint density at radius 2 is 1.79 bits per heavy atom. The van der Waals surface area contributed by atoms with Crippen molar-refractivity contribution in [3.63, 3.8) is 0 Å². The van der Waals surface area contributed by atoms with E-state index in [1.807, 2.05) is 66.7 Å². The fourth-order valence-corrected chi connectivity index (χ4v) is 3.27. The highest BCUT2D eigenvalue weighted by atomic mass is 32.2. The Morgan fingerprint density at radius 1 is 1.10 bits per heavy atom. The second-order valence-corrected chi connectivity index (χ2v) is 6.88. The van der Waals surface area contributed by atoms with E-state index < -0.39 is 11.9 Å². The molecule has 1 aliphatic rings. The molecule has 0 radical (unpaired) electrons. The van der Waals surface area contributed by atoms with Crippen LogP contribution in [0.5, 0.6) is 0 Å². The summed E-state index contributed by atoms with van der Waals surface area (Å²) in [6.07, 6.45) is 6.29. The Morgan fingerprint density at radius 3 is 2.48 bits per heavy atom. The van der Waals surface area contributed by atoms with Gasteiger partial charge >= 0.3 is 5.97 Å². The van der Waals surface area contributed by atoms with Crippen molar-refractivity contribution in [2.24, 2.45) is 10.1 Å². The second-order valence-electron chi connectivity index (χ2n) is 5.87. The average Bonchev–Trinajstić information content (AvgIpc) is 3.05. The van der Waals surface area contributed by atoms with Crippen molar-refractivity contribution >= 4 is 41.1 Å². The molecule has 146 valence electrons. The molecule has 1 aliphatic heterocycles. The predicted molar refractivity (Wildman–Crippen MR) is 116 cm³/mol. The first-order valence-corrected chi connectivity index (χ1v) is 9.65. The summed E-state index contributed by atoms with van der Waals surface area (Å²) < 4.78 is 4.62. The highest BCUT2D eigenvalue weighted by molar-refractivity contribution is 8.18. The van der Waals surface area contributed by atoms with Crippen LogP contribution >= 0.6 is 11.8 Å². The maximum absolute atomic E-state index is 12.7. The van der Waals surface area contributed by atoms with Crippen LogP contribution in [0.1, 0.15) is 11.1 Å². The predicted octanol–water partition coefficient (Wildman–Crippen LogP) is 3.87. The first kappa shape index (κ1) is 20.3. The summed E-state index contributed by atoms with van der Waals surface area (Å²) in [5.41, 5.74) is 2.02. The van der Waals surface area contributed by atoms with Crippen molar-refractivity contribution in [1.29, 1.82) is 0 Å². The third-order valence-corrected chi connectivity index (χ3v) is 4.83. The van der Waals surface area contributed by atoms with Gasteiger partial charge in [-0.25, -0.2) is 4.79 Å². The number of allylic oxidation sites excluding steroid dienone is 1. The number of nitrogens with zero attached hydrogens (tertiary/aromatic N) is 3. The van der Waals surface area contributed by atoms with Crippen LogP contribution in [0.15, 0.2) is 87.8 Å². The number of methoxy groups -OCH3 is 1. The van der Waals surface area contributed by atoms with Gasteiger partial charge in [0.2, 0.25) is 0 Å². The molecule has 29 heavy (non-hydrogen) atoms. The molecule has 1 fully saturated rings. The lowest BCUT2D eigenvalue weighted by Crippen LogP contribution is -2.23. The topological polar surface area (TPSA) is 71.3 Å². The fraction of sp³-hybridized carbons (Fsp3) is 0.0909. The first-order chi connectivity index (χ1) is 14.2. The third-order valence-electron chi connectivity index (χ3n) is 3.83. The summed E-state index contributed by atoms with van der Waals surface area (Å²) >= 11 is 1.09. The summed E-state index contributed by atoms with van der Waals surface area (Å²) in [4.78, 5) is 28.9. The molecular formula is C22H19N3O3S. The smallest absolute Gasteiger partial charge is 0.331 e. The number of thioether (sulfide) groups is 1. The molecule has 1 saturated heterocycles. The Labute approximate surface area is 173 Å². The van der Waals surface area contributed by atoms with E-state index in [2.05, 4.69) is 14.8 Å². The second kappa shape index (κ2) is 10.2. The normalized spacial score (nSPS) is 17.1. The molecule has 1 heterocycles. The van der Waals surface area contributed by atoms with Gasteiger partial charge in [-0.15, -0.1) is 0 Å². The van der Waals surface area contributed by atoms with E-state index in [0.717, 1.165) is 29.0 Å². The zero-order valence-corrected chi connectivity index (χ0v) is 16.6. The van der Waals surface area contributed by atoms with Crippen LogP contribution in [-0.4, -0.2) is 35.4 Å². The van der Waals surface area contributed by atoms with Crippen molar-refractivity contribution in [3.8, 4) is 0 Å². The number of hydrazone groups is 1. The molecule has 0 bridgehead atoms. The number of benzene rings is 2. The van der Waals surface area contributed by atoms with Crippen LogP contribution in [0.4, 0.5) is 0 Å². The largest absolute Gasteiger partial charge is 0.466 e. The van der Waals surface area contributed by atoms with Crippen LogP contribution in [0, 0.1) is 0 Å². The average molecular weight is 405 g/mol. The van der Waals surface area contributed by atoms with Crippen LogP contribution in [-0.2, 0) is 20.9 Å². The van der Waals surface area contributed by atoms with Crippen molar-refractivity contribution in [2.75, 3.05) is 7.11 Å². The lowest BCUT2D eigenvalue weighted by molar-refractivity contribution is -0.135. The third kappa shape index (κ3) is 5.76. The zero-order chi connectivity index (χ0) is 20.5. The molecular weight excluding hydrogens is 386 g/mol. The molecule has 0 N–H and O–H groups in total. The van der Waals surface area contributed by atoms with Crippen molar-refractivity contribution < 1.29 is 14.3 Å². The van der Waals surface area contributed by atoms with E-state index in [-0.39, 0.29) is 4.91 Å². The number of amidine groups is 1. The van der Waals surface area contributed by atoms with Gasteiger partial charge in [0.1, 0.15) is 0 Å². The monoisotopic (exact) mass is 405 g/mol. The van der Waals surface area contributed by atoms with E-state index in [9.17, 15) is 9.59 Å². The van der Waals surface area contributed by atoms with Gasteiger partial charge in [0, 0.05) is 12.3 Å². The summed E-state index contributed by atoms with van der Waals surface area (Å²) in [7, 11) is 1.26. The molecule has 2 aromatic rings. The molecule has 3 rings (SSSR count). The number of esters is 1. The van der Waals surface area contributed by atoms with Gasteiger partial charge in [-0.05, 0) is 29.0 Å². The molecule has 0 aromatic heterocycles. The van der Waals surface area contributed by atoms with E-state index in [1.54, 1.807) is 6.08 Å². The number of hydrogen-bond acceptors (Lipinski definition) is 6.